The van der Waals surface area contributed by atoms with E-state index in [1.54, 1.807) is 0 Å². The van der Waals surface area contributed by atoms with E-state index < -0.39 is 0 Å². The Balaban J connectivity index is 2.41. The summed E-state index contributed by atoms with van der Waals surface area (Å²) in [5.41, 5.74) is 0.854. The van der Waals surface area contributed by atoms with Gasteiger partial charge in [-0.1, -0.05) is 13.8 Å². The molecule has 1 rings (SSSR count). The Hall–Kier alpha value is -1.00. The fraction of sp³-hybridized carbons (Fsp3) is 0.562. The number of hydrogen-bond acceptors (Lipinski definition) is 3. The van der Waals surface area contributed by atoms with Crippen LogP contribution in [0.15, 0.2) is 29.2 Å². The molecule has 0 bridgehead atoms. The smallest absolute Gasteiger partial charge is 0.221 e. The van der Waals surface area contributed by atoms with Gasteiger partial charge < -0.3 is 10.6 Å². The average molecular weight is 294 g/mol. The summed E-state index contributed by atoms with van der Waals surface area (Å²) in [6, 6.07) is 8.59. The number of carbonyl (C=O) groups excluding carboxylic acids is 1. The highest BCUT2D eigenvalue weighted by Crippen LogP contribution is 2.27. The van der Waals surface area contributed by atoms with E-state index in [2.05, 4.69) is 43.5 Å². The van der Waals surface area contributed by atoms with Gasteiger partial charge in [-0.3, -0.25) is 4.79 Å². The first-order valence-corrected chi connectivity index (χ1v) is 8.17. The van der Waals surface area contributed by atoms with Crippen LogP contribution in [0.2, 0.25) is 0 Å². The number of hydrogen-bond donors (Lipinski definition) is 2. The van der Waals surface area contributed by atoms with Crippen LogP contribution in [0.4, 0.5) is 5.69 Å². The molecule has 2 atom stereocenters. The van der Waals surface area contributed by atoms with E-state index in [-0.39, 0.29) is 5.91 Å². The van der Waals surface area contributed by atoms with Crippen molar-refractivity contribution < 1.29 is 4.79 Å². The SMILES string of the molecule is CCCNC(C)CC(C)Sc1ccc(NC(C)=O)cc1. The summed E-state index contributed by atoms with van der Waals surface area (Å²) in [5, 5.41) is 6.87. The number of amides is 1. The fourth-order valence-electron chi connectivity index (χ4n) is 2.07. The molecule has 2 N–H and O–H groups in total. The topological polar surface area (TPSA) is 41.1 Å². The summed E-state index contributed by atoms with van der Waals surface area (Å²) < 4.78 is 0. The molecule has 0 fully saturated rings. The van der Waals surface area contributed by atoms with Crippen LogP contribution in [-0.2, 0) is 4.79 Å². The Morgan fingerprint density at radius 1 is 1.25 bits per heavy atom. The molecule has 20 heavy (non-hydrogen) atoms. The third kappa shape index (κ3) is 6.96. The molecular formula is C16H26N2OS. The number of anilines is 1. The van der Waals surface area contributed by atoms with Crippen LogP contribution >= 0.6 is 11.8 Å². The highest BCUT2D eigenvalue weighted by Gasteiger charge is 2.09. The minimum absolute atomic E-state index is 0.0328. The van der Waals surface area contributed by atoms with Crippen molar-refractivity contribution in [1.82, 2.24) is 5.32 Å². The van der Waals surface area contributed by atoms with E-state index in [0.29, 0.717) is 11.3 Å². The van der Waals surface area contributed by atoms with Crippen LogP contribution in [0.1, 0.15) is 40.5 Å². The molecule has 4 heteroatoms. The van der Waals surface area contributed by atoms with Gasteiger partial charge in [0, 0.05) is 28.8 Å². The fourth-order valence-corrected chi connectivity index (χ4v) is 3.22. The second-order valence-electron chi connectivity index (χ2n) is 5.22. The highest BCUT2D eigenvalue weighted by molar-refractivity contribution is 7.99. The van der Waals surface area contributed by atoms with Crippen molar-refractivity contribution >= 4 is 23.4 Å². The molecule has 0 spiro atoms. The third-order valence-electron chi connectivity index (χ3n) is 2.94. The zero-order chi connectivity index (χ0) is 15.0. The van der Waals surface area contributed by atoms with E-state index in [1.165, 1.54) is 18.2 Å². The lowest BCUT2D eigenvalue weighted by atomic mass is 10.2. The molecule has 3 nitrogen and oxygen atoms in total. The average Bonchev–Trinajstić information content (AvgIpc) is 2.38. The van der Waals surface area contributed by atoms with Crippen LogP contribution in [0.25, 0.3) is 0 Å². The molecule has 0 heterocycles. The quantitative estimate of drug-likeness (QED) is 0.714. The van der Waals surface area contributed by atoms with E-state index in [4.69, 9.17) is 0 Å². The largest absolute Gasteiger partial charge is 0.326 e. The molecule has 112 valence electrons. The summed E-state index contributed by atoms with van der Waals surface area (Å²) >= 11 is 1.88. The van der Waals surface area contributed by atoms with Crippen LogP contribution < -0.4 is 10.6 Å². The maximum Gasteiger partial charge on any atom is 0.221 e. The molecule has 1 aromatic rings. The molecule has 1 amide bonds. The van der Waals surface area contributed by atoms with Crippen molar-refractivity contribution in [2.24, 2.45) is 0 Å². The second kappa shape index (κ2) is 9.03. The van der Waals surface area contributed by atoms with Gasteiger partial charge in [-0.15, -0.1) is 11.8 Å². The van der Waals surface area contributed by atoms with Gasteiger partial charge in [0.2, 0.25) is 5.91 Å². The Kier molecular flexibility index (Phi) is 7.70. The standard InChI is InChI=1S/C16H26N2OS/c1-5-10-17-12(2)11-13(3)20-16-8-6-15(7-9-16)18-14(4)19/h6-9,12-13,17H,5,10-11H2,1-4H3,(H,18,19). The maximum atomic E-state index is 11.0. The van der Waals surface area contributed by atoms with Gasteiger partial charge in [-0.2, -0.15) is 0 Å². The maximum absolute atomic E-state index is 11.0. The van der Waals surface area contributed by atoms with E-state index in [9.17, 15) is 4.79 Å². The van der Waals surface area contributed by atoms with Gasteiger partial charge in [0.25, 0.3) is 0 Å². The Bertz CT molecular complexity index is 405. The molecular weight excluding hydrogens is 268 g/mol. The van der Waals surface area contributed by atoms with Gasteiger partial charge in [0.05, 0.1) is 0 Å². The highest BCUT2D eigenvalue weighted by atomic mass is 32.2. The molecule has 0 aromatic heterocycles. The van der Waals surface area contributed by atoms with E-state index >= 15 is 0 Å². The number of thioether (sulfide) groups is 1. The zero-order valence-electron chi connectivity index (χ0n) is 12.9. The van der Waals surface area contributed by atoms with Crippen molar-refractivity contribution in [3.63, 3.8) is 0 Å². The Morgan fingerprint density at radius 3 is 2.45 bits per heavy atom. The number of carbonyl (C=O) groups is 1. The lowest BCUT2D eigenvalue weighted by Gasteiger charge is -2.18. The zero-order valence-corrected chi connectivity index (χ0v) is 13.7. The van der Waals surface area contributed by atoms with Gasteiger partial charge in [0.1, 0.15) is 0 Å². The third-order valence-corrected chi connectivity index (χ3v) is 4.08. The van der Waals surface area contributed by atoms with Gasteiger partial charge in [-0.05, 0) is 50.6 Å². The number of rotatable bonds is 8. The van der Waals surface area contributed by atoms with Crippen LogP contribution in [0, 0.1) is 0 Å². The lowest BCUT2D eigenvalue weighted by Crippen LogP contribution is -2.29. The molecule has 0 saturated heterocycles. The Morgan fingerprint density at radius 2 is 1.90 bits per heavy atom. The predicted molar refractivity (Wildman–Crippen MR) is 88.4 cm³/mol. The monoisotopic (exact) mass is 294 g/mol. The number of nitrogens with one attached hydrogen (secondary N) is 2. The predicted octanol–water partition coefficient (Wildman–Crippen LogP) is 3.90. The van der Waals surface area contributed by atoms with Crippen molar-refractivity contribution in [2.75, 3.05) is 11.9 Å². The van der Waals surface area contributed by atoms with E-state index in [1.807, 2.05) is 23.9 Å². The first-order valence-electron chi connectivity index (χ1n) is 7.29. The van der Waals surface area contributed by atoms with Crippen molar-refractivity contribution in [1.29, 1.82) is 0 Å². The minimum atomic E-state index is -0.0328. The Labute approximate surface area is 126 Å². The molecule has 0 aliphatic heterocycles. The first-order chi connectivity index (χ1) is 9.51. The summed E-state index contributed by atoms with van der Waals surface area (Å²) in [7, 11) is 0. The molecule has 0 aliphatic rings. The number of benzene rings is 1. The van der Waals surface area contributed by atoms with Crippen molar-refractivity contribution in [3.8, 4) is 0 Å². The van der Waals surface area contributed by atoms with Gasteiger partial charge in [-0.25, -0.2) is 0 Å². The molecule has 0 radical (unpaired) electrons. The van der Waals surface area contributed by atoms with Crippen molar-refractivity contribution in [2.45, 2.75) is 56.7 Å². The molecule has 2 unspecified atom stereocenters. The van der Waals surface area contributed by atoms with Crippen LogP contribution in [-0.4, -0.2) is 23.7 Å². The lowest BCUT2D eigenvalue weighted by molar-refractivity contribution is -0.114. The first kappa shape index (κ1) is 17.1. The summed E-state index contributed by atoms with van der Waals surface area (Å²) in [6.45, 7) is 9.30. The second-order valence-corrected chi connectivity index (χ2v) is 6.74. The van der Waals surface area contributed by atoms with Gasteiger partial charge >= 0.3 is 0 Å². The van der Waals surface area contributed by atoms with Gasteiger partial charge in [0.15, 0.2) is 0 Å². The summed E-state index contributed by atoms with van der Waals surface area (Å²) in [5.74, 6) is -0.0328. The summed E-state index contributed by atoms with van der Waals surface area (Å²) in [6.07, 6.45) is 2.33. The normalized spacial score (nSPS) is 13.8. The minimum Gasteiger partial charge on any atom is -0.326 e. The molecule has 0 saturated carbocycles. The molecule has 1 aromatic carbocycles. The van der Waals surface area contributed by atoms with E-state index in [0.717, 1.165) is 18.7 Å². The van der Waals surface area contributed by atoms with Crippen LogP contribution in [0.5, 0.6) is 0 Å². The molecule has 0 aliphatic carbocycles. The summed E-state index contributed by atoms with van der Waals surface area (Å²) in [4.78, 5) is 12.2. The van der Waals surface area contributed by atoms with Crippen LogP contribution in [0.3, 0.4) is 0 Å². The van der Waals surface area contributed by atoms with Crippen molar-refractivity contribution in [3.05, 3.63) is 24.3 Å².